The van der Waals surface area contributed by atoms with E-state index in [1.54, 1.807) is 36.4 Å². The van der Waals surface area contributed by atoms with Gasteiger partial charge < -0.3 is 15.0 Å². The minimum atomic E-state index is -0.367. The number of aromatic nitrogens is 2. The van der Waals surface area contributed by atoms with Gasteiger partial charge in [0.25, 0.3) is 5.56 Å². The molecule has 2 aromatic carbocycles. The van der Waals surface area contributed by atoms with Crippen molar-refractivity contribution in [1.82, 2.24) is 14.9 Å². The molecule has 0 aliphatic carbocycles. The highest BCUT2D eigenvalue weighted by Crippen LogP contribution is 2.11. The fraction of sp³-hybridized carbons (Fsp3) is 0.300. The predicted molar refractivity (Wildman–Crippen MR) is 107 cm³/mol. The standard InChI is InChI=1S/C14H17N3O3.C6H4ClF/c18-13-11-3-1-2-4-12(11)16-14(19)17(13)8-10-7-15-5-6-20-9-10;7-5-3-1-2-4-6(5)8/h1-4,10,15H,5-9H2,(H,16,19);1-4H. The Hall–Kier alpha value is -2.48. The van der Waals surface area contributed by atoms with Gasteiger partial charge in [-0.3, -0.25) is 9.36 Å². The molecule has 0 bridgehead atoms. The summed E-state index contributed by atoms with van der Waals surface area (Å²) < 4.78 is 18.9. The van der Waals surface area contributed by atoms with Gasteiger partial charge in [-0.2, -0.15) is 0 Å². The van der Waals surface area contributed by atoms with E-state index in [1.807, 2.05) is 0 Å². The van der Waals surface area contributed by atoms with Gasteiger partial charge in [0.2, 0.25) is 0 Å². The second kappa shape index (κ2) is 9.64. The summed E-state index contributed by atoms with van der Waals surface area (Å²) >= 11 is 5.33. The molecule has 0 amide bonds. The first-order chi connectivity index (χ1) is 13.6. The maximum Gasteiger partial charge on any atom is 0.328 e. The molecule has 1 saturated heterocycles. The first-order valence-corrected chi connectivity index (χ1v) is 9.34. The van der Waals surface area contributed by atoms with Crippen LogP contribution in [0.1, 0.15) is 0 Å². The van der Waals surface area contributed by atoms with Crippen molar-refractivity contribution in [3.8, 4) is 0 Å². The lowest BCUT2D eigenvalue weighted by Crippen LogP contribution is -2.39. The number of hydrogen-bond donors (Lipinski definition) is 2. The van der Waals surface area contributed by atoms with Crippen molar-refractivity contribution >= 4 is 22.5 Å². The second-order valence-electron chi connectivity index (χ2n) is 6.45. The molecule has 0 radical (unpaired) electrons. The van der Waals surface area contributed by atoms with Gasteiger partial charge in [0.05, 0.1) is 29.1 Å². The average molecular weight is 406 g/mol. The highest BCUT2D eigenvalue weighted by atomic mass is 35.5. The Balaban J connectivity index is 0.000000236. The molecule has 0 spiro atoms. The van der Waals surface area contributed by atoms with Crippen LogP contribution in [-0.4, -0.2) is 35.9 Å². The summed E-state index contributed by atoms with van der Waals surface area (Å²) in [6.07, 6.45) is 0. The number of nitrogens with zero attached hydrogens (tertiary/aromatic N) is 1. The Morgan fingerprint density at radius 3 is 2.64 bits per heavy atom. The van der Waals surface area contributed by atoms with Crippen LogP contribution in [0.15, 0.2) is 58.1 Å². The van der Waals surface area contributed by atoms with Crippen molar-refractivity contribution in [2.75, 3.05) is 26.3 Å². The Morgan fingerprint density at radius 1 is 1.14 bits per heavy atom. The molecular weight excluding hydrogens is 385 g/mol. The monoisotopic (exact) mass is 405 g/mol. The SMILES string of the molecule is Fc1ccccc1Cl.O=c1[nH]c2ccccc2c(=O)n1CC1CNCCOC1. The van der Waals surface area contributed by atoms with Crippen LogP contribution in [-0.2, 0) is 11.3 Å². The number of nitrogens with one attached hydrogen (secondary N) is 2. The maximum atomic E-state index is 12.4. The molecule has 1 unspecified atom stereocenters. The third-order valence-corrected chi connectivity index (χ3v) is 4.67. The van der Waals surface area contributed by atoms with Crippen molar-refractivity contribution in [2.24, 2.45) is 5.92 Å². The number of halogens is 2. The molecule has 1 aliphatic heterocycles. The highest BCUT2D eigenvalue weighted by molar-refractivity contribution is 6.30. The van der Waals surface area contributed by atoms with Crippen LogP contribution in [0.5, 0.6) is 0 Å². The molecule has 6 nitrogen and oxygen atoms in total. The van der Waals surface area contributed by atoms with Crippen molar-refractivity contribution < 1.29 is 9.13 Å². The van der Waals surface area contributed by atoms with Gasteiger partial charge in [0.15, 0.2) is 0 Å². The van der Waals surface area contributed by atoms with Crippen LogP contribution in [0.3, 0.4) is 0 Å². The van der Waals surface area contributed by atoms with E-state index in [-0.39, 0.29) is 28.0 Å². The number of hydrogen-bond acceptors (Lipinski definition) is 4. The largest absolute Gasteiger partial charge is 0.380 e. The molecule has 8 heteroatoms. The molecule has 3 aromatic rings. The summed E-state index contributed by atoms with van der Waals surface area (Å²) in [6, 6.07) is 13.2. The third-order valence-electron chi connectivity index (χ3n) is 4.36. The quantitative estimate of drug-likeness (QED) is 0.686. The molecule has 1 aromatic heterocycles. The van der Waals surface area contributed by atoms with E-state index in [4.69, 9.17) is 16.3 Å². The number of ether oxygens (including phenoxy) is 1. The number of para-hydroxylation sites is 1. The number of H-pyrrole nitrogens is 1. The molecule has 28 heavy (non-hydrogen) atoms. The second-order valence-corrected chi connectivity index (χ2v) is 6.86. The van der Waals surface area contributed by atoms with Crippen LogP contribution >= 0.6 is 11.6 Å². The van der Waals surface area contributed by atoms with Gasteiger partial charge >= 0.3 is 5.69 Å². The van der Waals surface area contributed by atoms with Crippen LogP contribution < -0.4 is 16.6 Å². The normalized spacial score (nSPS) is 16.9. The minimum Gasteiger partial charge on any atom is -0.380 e. The molecule has 2 heterocycles. The van der Waals surface area contributed by atoms with E-state index < -0.39 is 0 Å². The van der Waals surface area contributed by atoms with Crippen molar-refractivity contribution in [3.05, 3.63) is 80.2 Å². The fourth-order valence-electron chi connectivity index (χ4n) is 2.94. The fourth-order valence-corrected chi connectivity index (χ4v) is 3.07. The van der Waals surface area contributed by atoms with E-state index in [2.05, 4.69) is 10.3 Å². The van der Waals surface area contributed by atoms with E-state index in [1.165, 1.54) is 16.7 Å². The zero-order valence-electron chi connectivity index (χ0n) is 15.2. The molecule has 1 atom stereocenters. The summed E-state index contributed by atoms with van der Waals surface area (Å²) in [5, 5.41) is 3.95. The van der Waals surface area contributed by atoms with Gasteiger partial charge in [0.1, 0.15) is 5.82 Å². The van der Waals surface area contributed by atoms with Crippen molar-refractivity contribution in [2.45, 2.75) is 6.54 Å². The van der Waals surface area contributed by atoms with Crippen LogP contribution in [0.2, 0.25) is 5.02 Å². The highest BCUT2D eigenvalue weighted by Gasteiger charge is 2.16. The number of rotatable bonds is 2. The first-order valence-electron chi connectivity index (χ1n) is 8.96. The van der Waals surface area contributed by atoms with Crippen LogP contribution in [0.4, 0.5) is 4.39 Å². The van der Waals surface area contributed by atoms with E-state index in [0.29, 0.717) is 30.7 Å². The molecule has 1 fully saturated rings. The van der Waals surface area contributed by atoms with E-state index in [9.17, 15) is 14.0 Å². The third kappa shape index (κ3) is 5.07. The zero-order chi connectivity index (χ0) is 19.9. The number of aromatic amines is 1. The zero-order valence-corrected chi connectivity index (χ0v) is 15.9. The smallest absolute Gasteiger partial charge is 0.328 e. The number of fused-ring (bicyclic) bond motifs is 1. The van der Waals surface area contributed by atoms with Gasteiger partial charge in [-0.25, -0.2) is 9.18 Å². The van der Waals surface area contributed by atoms with Gasteiger partial charge in [-0.15, -0.1) is 0 Å². The molecule has 2 N–H and O–H groups in total. The predicted octanol–water partition coefficient (Wildman–Crippen LogP) is 2.40. The van der Waals surface area contributed by atoms with E-state index in [0.717, 1.165) is 13.1 Å². The summed E-state index contributed by atoms with van der Waals surface area (Å²) in [4.78, 5) is 27.2. The van der Waals surface area contributed by atoms with Crippen molar-refractivity contribution in [1.29, 1.82) is 0 Å². The molecule has 0 saturated carbocycles. The average Bonchev–Trinajstić information content (AvgIpc) is 2.97. The Kier molecular flexibility index (Phi) is 6.97. The number of benzene rings is 2. The summed E-state index contributed by atoms with van der Waals surface area (Å²) in [5.41, 5.74) is -0.0273. The van der Waals surface area contributed by atoms with Gasteiger partial charge in [0, 0.05) is 25.6 Å². The van der Waals surface area contributed by atoms with Crippen molar-refractivity contribution in [3.63, 3.8) is 0 Å². The summed E-state index contributed by atoms with van der Waals surface area (Å²) in [5.74, 6) is -0.244. The Labute approximate surface area is 165 Å². The molecule has 1 aliphatic rings. The minimum absolute atomic E-state index is 0.123. The Bertz CT molecular complexity index is 1020. The summed E-state index contributed by atoms with van der Waals surface area (Å²) in [6.45, 7) is 3.15. The van der Waals surface area contributed by atoms with Gasteiger partial charge in [-0.05, 0) is 24.3 Å². The van der Waals surface area contributed by atoms with Crippen LogP contribution in [0, 0.1) is 11.7 Å². The van der Waals surface area contributed by atoms with E-state index >= 15 is 0 Å². The lowest BCUT2D eigenvalue weighted by molar-refractivity contribution is 0.117. The summed E-state index contributed by atoms with van der Waals surface area (Å²) in [7, 11) is 0. The molecule has 4 rings (SSSR count). The topological polar surface area (TPSA) is 76.1 Å². The molecular formula is C20H21ClFN3O3. The lowest BCUT2D eigenvalue weighted by Gasteiger charge is -2.15. The molecule has 148 valence electrons. The van der Waals surface area contributed by atoms with Gasteiger partial charge in [-0.1, -0.05) is 35.9 Å². The van der Waals surface area contributed by atoms with Crippen LogP contribution in [0.25, 0.3) is 10.9 Å². The lowest BCUT2D eigenvalue weighted by atomic mass is 10.1. The first kappa shape index (κ1) is 20.3. The maximum absolute atomic E-state index is 12.4. The Morgan fingerprint density at radius 2 is 1.89 bits per heavy atom.